The zero-order valence-corrected chi connectivity index (χ0v) is 17.4. The summed E-state index contributed by atoms with van der Waals surface area (Å²) in [6.07, 6.45) is 1.51. The number of fused-ring (bicyclic) bond motifs is 1. The number of imidazole rings is 1. The molecule has 31 heavy (non-hydrogen) atoms. The molecule has 0 atom stereocenters. The summed E-state index contributed by atoms with van der Waals surface area (Å²) in [5.41, 5.74) is 2.13. The van der Waals surface area contributed by atoms with Gasteiger partial charge in [0.2, 0.25) is 15.8 Å². The lowest BCUT2D eigenvalue weighted by Gasteiger charge is -2.28. The van der Waals surface area contributed by atoms with Crippen molar-refractivity contribution < 1.29 is 16.8 Å². The Labute approximate surface area is 176 Å². The number of primary sulfonamides is 1. The summed E-state index contributed by atoms with van der Waals surface area (Å²) in [5, 5.41) is 21.3. The molecular formula is C17H16N8O4S2. The van der Waals surface area contributed by atoms with Gasteiger partial charge in [0.1, 0.15) is 4.90 Å². The lowest BCUT2D eigenvalue weighted by Crippen LogP contribution is -2.51. The third kappa shape index (κ3) is 3.11. The van der Waals surface area contributed by atoms with Crippen LogP contribution in [0.15, 0.2) is 46.5 Å². The van der Waals surface area contributed by atoms with E-state index in [4.69, 9.17) is 5.14 Å². The van der Waals surface area contributed by atoms with Crippen molar-refractivity contribution in [2.75, 3.05) is 13.1 Å². The molecule has 3 heterocycles. The van der Waals surface area contributed by atoms with Crippen molar-refractivity contribution in [1.29, 1.82) is 0 Å². The molecule has 5 N–H and O–H groups in total. The largest absolute Gasteiger partial charge is 0.345 e. The van der Waals surface area contributed by atoms with Crippen LogP contribution < -0.4 is 10.5 Å². The molecule has 14 heteroatoms. The van der Waals surface area contributed by atoms with Crippen LogP contribution in [-0.4, -0.2) is 65.8 Å². The van der Waals surface area contributed by atoms with Crippen molar-refractivity contribution in [2.24, 2.45) is 5.14 Å². The van der Waals surface area contributed by atoms with E-state index in [2.05, 4.69) is 35.9 Å². The topological polar surface area (TPSA) is 189 Å². The van der Waals surface area contributed by atoms with E-state index < -0.39 is 30.0 Å². The highest BCUT2D eigenvalue weighted by molar-refractivity contribution is 7.94. The number of benzene rings is 2. The van der Waals surface area contributed by atoms with Gasteiger partial charge >= 0.3 is 0 Å². The van der Waals surface area contributed by atoms with Crippen LogP contribution in [0.4, 0.5) is 0 Å². The summed E-state index contributed by atoms with van der Waals surface area (Å²) in [6.45, 7) is 0.441. The summed E-state index contributed by atoms with van der Waals surface area (Å²) >= 11 is 0. The third-order valence-corrected chi connectivity index (χ3v) is 8.49. The summed E-state index contributed by atoms with van der Waals surface area (Å²) < 4.78 is 51.8. The number of sulfone groups is 1. The van der Waals surface area contributed by atoms with Gasteiger partial charge in [-0.05, 0) is 22.9 Å². The molecule has 2 aromatic carbocycles. The molecule has 0 aliphatic carbocycles. The number of H-pyrrole nitrogens is 2. The van der Waals surface area contributed by atoms with Gasteiger partial charge in [0.05, 0.1) is 33.1 Å². The highest BCUT2D eigenvalue weighted by Crippen LogP contribution is 2.41. The van der Waals surface area contributed by atoms with Crippen LogP contribution in [0.2, 0.25) is 0 Å². The van der Waals surface area contributed by atoms with Gasteiger partial charge in [-0.15, -0.1) is 10.2 Å². The number of aromatic nitrogens is 6. The number of rotatable bonds is 5. The first-order valence-electron chi connectivity index (χ1n) is 9.09. The second-order valence-electron chi connectivity index (χ2n) is 7.03. The molecule has 160 valence electrons. The summed E-state index contributed by atoms with van der Waals surface area (Å²) in [4.78, 5) is 6.34. The number of hydrogen-bond donors (Lipinski definition) is 4. The lowest BCUT2D eigenvalue weighted by molar-refractivity contribution is 0.493. The SMILES string of the molecule is NS(=O)(=O)c1c(S(=O)(=O)C2CNC2)ccc(-c2cccc3[nH]cnc23)c1-c1nn[nH]n1. The van der Waals surface area contributed by atoms with Gasteiger partial charge in [0.15, 0.2) is 9.84 Å². The molecule has 12 nitrogen and oxygen atoms in total. The Balaban J connectivity index is 1.91. The zero-order valence-electron chi connectivity index (χ0n) is 15.8. The molecule has 0 spiro atoms. The number of nitrogens with zero attached hydrogens (tertiary/aromatic N) is 4. The molecule has 1 saturated heterocycles. The third-order valence-electron chi connectivity index (χ3n) is 5.20. The van der Waals surface area contributed by atoms with E-state index in [9.17, 15) is 16.8 Å². The van der Waals surface area contributed by atoms with Crippen LogP contribution >= 0.6 is 0 Å². The molecule has 4 aromatic rings. The molecule has 0 radical (unpaired) electrons. The maximum absolute atomic E-state index is 13.2. The van der Waals surface area contributed by atoms with Gasteiger partial charge in [-0.25, -0.2) is 27.0 Å². The molecule has 5 rings (SSSR count). The molecule has 0 saturated carbocycles. The van der Waals surface area contributed by atoms with Gasteiger partial charge in [-0.3, -0.25) is 0 Å². The highest BCUT2D eigenvalue weighted by atomic mass is 32.2. The standard InChI is InChI=1S/C17H16N8O4S2/c18-31(28,29)16-13(30(26,27)9-6-19-7-9)5-4-10(14(16)17-22-24-25-23-17)11-2-1-3-12-15(11)21-8-20-12/h1-5,8-9,19H,6-7H2,(H,20,21)(H2,18,28,29)(H,22,23,24,25). The first kappa shape index (κ1) is 19.7. The summed E-state index contributed by atoms with van der Waals surface area (Å²) in [6, 6.07) is 8.08. The fourth-order valence-corrected chi connectivity index (χ4v) is 6.81. The Morgan fingerprint density at radius 1 is 1.03 bits per heavy atom. The van der Waals surface area contributed by atoms with Crippen molar-refractivity contribution in [3.63, 3.8) is 0 Å². The normalized spacial score (nSPS) is 15.3. The second kappa shape index (κ2) is 6.91. The predicted molar refractivity (Wildman–Crippen MR) is 110 cm³/mol. The van der Waals surface area contributed by atoms with Crippen molar-refractivity contribution >= 4 is 30.9 Å². The van der Waals surface area contributed by atoms with Gasteiger partial charge < -0.3 is 10.3 Å². The molecule has 1 aliphatic rings. The molecule has 0 amide bonds. The minimum absolute atomic E-state index is 0.0555. The van der Waals surface area contributed by atoms with Crippen LogP contribution in [0, 0.1) is 0 Å². The van der Waals surface area contributed by atoms with E-state index >= 15 is 0 Å². The predicted octanol–water partition coefficient (Wildman–Crippen LogP) is -0.197. The van der Waals surface area contributed by atoms with E-state index in [1.807, 2.05) is 6.07 Å². The smallest absolute Gasteiger partial charge is 0.240 e. The number of aromatic amines is 2. The van der Waals surface area contributed by atoms with Crippen LogP contribution in [0.5, 0.6) is 0 Å². The van der Waals surface area contributed by atoms with E-state index in [0.717, 1.165) is 0 Å². The number of sulfonamides is 1. The summed E-state index contributed by atoms with van der Waals surface area (Å²) in [7, 11) is -8.50. The minimum atomic E-state index is -4.51. The highest BCUT2D eigenvalue weighted by Gasteiger charge is 2.38. The number of tetrazole rings is 1. The van der Waals surface area contributed by atoms with Gasteiger partial charge in [0, 0.05) is 18.7 Å². The zero-order chi connectivity index (χ0) is 21.8. The number of nitrogens with two attached hydrogens (primary N) is 1. The fourth-order valence-electron chi connectivity index (χ4n) is 3.63. The molecule has 0 bridgehead atoms. The average Bonchev–Trinajstić information content (AvgIpc) is 3.35. The Hall–Kier alpha value is -3.20. The monoisotopic (exact) mass is 460 g/mol. The summed E-state index contributed by atoms with van der Waals surface area (Å²) in [5.74, 6) is -0.102. The van der Waals surface area contributed by atoms with Crippen molar-refractivity contribution in [3.8, 4) is 22.5 Å². The quantitative estimate of drug-likeness (QED) is 0.312. The number of para-hydroxylation sites is 1. The van der Waals surface area contributed by atoms with E-state index in [1.54, 1.807) is 12.1 Å². The lowest BCUT2D eigenvalue weighted by atomic mass is 9.98. The molecule has 1 fully saturated rings. The maximum Gasteiger partial charge on any atom is 0.240 e. The van der Waals surface area contributed by atoms with E-state index in [-0.39, 0.29) is 29.4 Å². The van der Waals surface area contributed by atoms with Crippen molar-refractivity contribution in [1.82, 2.24) is 35.9 Å². The molecular weight excluding hydrogens is 444 g/mol. The number of hydrogen-bond acceptors (Lipinski definition) is 9. The van der Waals surface area contributed by atoms with Crippen molar-refractivity contribution in [3.05, 3.63) is 36.7 Å². The Morgan fingerprint density at radius 3 is 2.48 bits per heavy atom. The van der Waals surface area contributed by atoms with E-state index in [1.165, 1.54) is 18.5 Å². The maximum atomic E-state index is 13.2. The minimum Gasteiger partial charge on any atom is -0.345 e. The molecule has 0 unspecified atom stereocenters. The number of nitrogens with one attached hydrogen (secondary N) is 3. The Bertz CT molecular complexity index is 1510. The fraction of sp³-hybridized carbons (Fsp3) is 0.176. The Morgan fingerprint density at radius 2 is 1.84 bits per heavy atom. The molecule has 2 aromatic heterocycles. The first-order chi connectivity index (χ1) is 14.8. The van der Waals surface area contributed by atoms with Crippen LogP contribution in [0.25, 0.3) is 33.5 Å². The van der Waals surface area contributed by atoms with Crippen LogP contribution in [-0.2, 0) is 19.9 Å². The Kier molecular flexibility index (Phi) is 4.40. The van der Waals surface area contributed by atoms with Gasteiger partial charge in [-0.2, -0.15) is 5.21 Å². The van der Waals surface area contributed by atoms with Gasteiger partial charge in [-0.1, -0.05) is 18.2 Å². The average molecular weight is 461 g/mol. The second-order valence-corrected chi connectivity index (χ2v) is 10.7. The van der Waals surface area contributed by atoms with Crippen LogP contribution in [0.1, 0.15) is 0 Å². The van der Waals surface area contributed by atoms with Gasteiger partial charge in [0.25, 0.3) is 0 Å². The van der Waals surface area contributed by atoms with Crippen LogP contribution in [0.3, 0.4) is 0 Å². The molecule has 1 aliphatic heterocycles. The van der Waals surface area contributed by atoms with E-state index in [0.29, 0.717) is 22.2 Å². The first-order valence-corrected chi connectivity index (χ1v) is 12.2. The van der Waals surface area contributed by atoms with Crippen molar-refractivity contribution in [2.45, 2.75) is 15.0 Å².